The van der Waals surface area contributed by atoms with Gasteiger partial charge < -0.3 is 14.9 Å². The summed E-state index contributed by atoms with van der Waals surface area (Å²) in [5, 5.41) is 9.36. The van der Waals surface area contributed by atoms with E-state index in [-0.39, 0.29) is 24.5 Å². The first-order chi connectivity index (χ1) is 12.2. The van der Waals surface area contributed by atoms with Gasteiger partial charge in [0.15, 0.2) is 0 Å². The lowest BCUT2D eigenvalue weighted by atomic mass is 9.88. The van der Waals surface area contributed by atoms with Crippen molar-refractivity contribution in [1.29, 1.82) is 0 Å². The Balaban J connectivity index is 1.63. The van der Waals surface area contributed by atoms with Crippen LogP contribution in [0.2, 0.25) is 0 Å². The molecule has 3 rings (SSSR count). The maximum absolute atomic E-state index is 13.0. The molecule has 3 unspecified atom stereocenters. The summed E-state index contributed by atoms with van der Waals surface area (Å²) >= 11 is 0. The normalized spacial score (nSPS) is 26.7. The van der Waals surface area contributed by atoms with Crippen molar-refractivity contribution in [2.75, 3.05) is 39.8 Å². The Hall–Kier alpha value is -1.73. The molecular weight excluding hydrogens is 316 g/mol. The standard InChI is InChI=1S/C19H28N4O2/c1-22-11-9-17-16(14-22)18(21-20-17)19(25)23(12-13-24)10-5-8-15-6-3-2-4-7-15/h2-8,16-18,20-21,24H,9-14H2,1H3/b8-5+. The summed E-state index contributed by atoms with van der Waals surface area (Å²) < 4.78 is 0. The second-order valence-corrected chi connectivity index (χ2v) is 6.91. The number of carbonyl (C=O) groups excluding carboxylic acids is 1. The molecule has 0 bridgehead atoms. The highest BCUT2D eigenvalue weighted by Gasteiger charge is 2.43. The maximum atomic E-state index is 13.0. The smallest absolute Gasteiger partial charge is 0.241 e. The maximum Gasteiger partial charge on any atom is 0.241 e. The zero-order chi connectivity index (χ0) is 17.6. The first-order valence-corrected chi connectivity index (χ1v) is 9.00. The van der Waals surface area contributed by atoms with Crippen molar-refractivity contribution in [2.24, 2.45) is 5.92 Å². The van der Waals surface area contributed by atoms with E-state index in [9.17, 15) is 9.90 Å². The third-order valence-electron chi connectivity index (χ3n) is 5.10. The van der Waals surface area contributed by atoms with Crippen molar-refractivity contribution in [3.8, 4) is 0 Å². The Labute approximate surface area is 149 Å². The monoisotopic (exact) mass is 344 g/mol. The molecule has 3 N–H and O–H groups in total. The molecule has 0 radical (unpaired) electrons. The van der Waals surface area contributed by atoms with Crippen LogP contribution in [0, 0.1) is 5.92 Å². The lowest BCUT2D eigenvalue weighted by molar-refractivity contribution is -0.134. The average Bonchev–Trinajstić information content (AvgIpc) is 3.04. The molecule has 1 aromatic carbocycles. The number of benzene rings is 1. The van der Waals surface area contributed by atoms with Crippen molar-refractivity contribution in [1.82, 2.24) is 20.7 Å². The van der Waals surface area contributed by atoms with Crippen LogP contribution in [0.15, 0.2) is 36.4 Å². The summed E-state index contributed by atoms with van der Waals surface area (Å²) in [5.41, 5.74) is 7.58. The number of hydrogen-bond acceptors (Lipinski definition) is 5. The van der Waals surface area contributed by atoms with E-state index in [2.05, 4.69) is 22.8 Å². The van der Waals surface area contributed by atoms with Crippen molar-refractivity contribution >= 4 is 12.0 Å². The fourth-order valence-electron chi connectivity index (χ4n) is 3.71. The van der Waals surface area contributed by atoms with E-state index in [4.69, 9.17) is 0 Å². The van der Waals surface area contributed by atoms with E-state index in [1.54, 1.807) is 4.90 Å². The Morgan fingerprint density at radius 1 is 1.36 bits per heavy atom. The molecule has 25 heavy (non-hydrogen) atoms. The molecule has 2 aliphatic heterocycles. The van der Waals surface area contributed by atoms with E-state index < -0.39 is 0 Å². The van der Waals surface area contributed by atoms with Crippen LogP contribution >= 0.6 is 0 Å². The van der Waals surface area contributed by atoms with E-state index in [0.29, 0.717) is 19.1 Å². The van der Waals surface area contributed by atoms with Gasteiger partial charge in [-0.2, -0.15) is 0 Å². The number of fused-ring (bicyclic) bond motifs is 1. The Morgan fingerprint density at radius 2 is 2.16 bits per heavy atom. The van der Waals surface area contributed by atoms with Gasteiger partial charge >= 0.3 is 0 Å². The van der Waals surface area contributed by atoms with E-state index >= 15 is 0 Å². The number of nitrogens with one attached hydrogen (secondary N) is 2. The van der Waals surface area contributed by atoms with Gasteiger partial charge in [-0.3, -0.25) is 10.2 Å². The molecule has 0 aromatic heterocycles. The van der Waals surface area contributed by atoms with Crippen LogP contribution < -0.4 is 10.9 Å². The predicted octanol–water partition coefficient (Wildman–Crippen LogP) is 0.317. The largest absolute Gasteiger partial charge is 0.395 e. The molecular formula is C19H28N4O2. The second-order valence-electron chi connectivity index (χ2n) is 6.91. The van der Waals surface area contributed by atoms with Crippen molar-refractivity contribution in [2.45, 2.75) is 18.5 Å². The van der Waals surface area contributed by atoms with Crippen LogP contribution in [0.1, 0.15) is 12.0 Å². The highest BCUT2D eigenvalue weighted by atomic mass is 16.3. The summed E-state index contributed by atoms with van der Waals surface area (Å²) in [6, 6.07) is 10.1. The summed E-state index contributed by atoms with van der Waals surface area (Å²) in [6.07, 6.45) is 5.04. The van der Waals surface area contributed by atoms with Crippen LogP contribution in [0.5, 0.6) is 0 Å². The number of carbonyl (C=O) groups is 1. The minimum absolute atomic E-state index is 0.0287. The highest BCUT2D eigenvalue weighted by Crippen LogP contribution is 2.24. The van der Waals surface area contributed by atoms with Gasteiger partial charge in [0.1, 0.15) is 6.04 Å². The zero-order valence-corrected chi connectivity index (χ0v) is 14.8. The van der Waals surface area contributed by atoms with Crippen molar-refractivity contribution < 1.29 is 9.90 Å². The van der Waals surface area contributed by atoms with E-state index in [1.807, 2.05) is 42.5 Å². The molecule has 136 valence electrons. The molecule has 2 fully saturated rings. The third-order valence-corrected chi connectivity index (χ3v) is 5.10. The van der Waals surface area contributed by atoms with Crippen LogP contribution in [0.25, 0.3) is 6.08 Å². The van der Waals surface area contributed by atoms with Crippen LogP contribution in [0.4, 0.5) is 0 Å². The predicted molar refractivity (Wildman–Crippen MR) is 98.6 cm³/mol. The average molecular weight is 344 g/mol. The van der Waals surface area contributed by atoms with Gasteiger partial charge in [-0.1, -0.05) is 42.5 Å². The zero-order valence-electron chi connectivity index (χ0n) is 14.8. The molecule has 2 aliphatic rings. The summed E-state index contributed by atoms with van der Waals surface area (Å²) in [7, 11) is 2.10. The molecule has 2 saturated heterocycles. The Morgan fingerprint density at radius 3 is 2.92 bits per heavy atom. The molecule has 6 heteroatoms. The number of aliphatic hydroxyl groups is 1. The number of amides is 1. The molecule has 2 heterocycles. The third kappa shape index (κ3) is 4.46. The molecule has 1 amide bonds. The Bertz CT molecular complexity index is 592. The Kier molecular flexibility index (Phi) is 6.20. The minimum Gasteiger partial charge on any atom is -0.395 e. The van der Waals surface area contributed by atoms with Gasteiger partial charge in [0.2, 0.25) is 5.91 Å². The fraction of sp³-hybridized carbons (Fsp3) is 0.526. The van der Waals surface area contributed by atoms with Crippen LogP contribution in [0.3, 0.4) is 0 Å². The number of rotatable bonds is 6. The minimum atomic E-state index is -0.232. The van der Waals surface area contributed by atoms with E-state index in [1.165, 1.54) is 0 Å². The molecule has 0 spiro atoms. The number of piperidine rings is 1. The van der Waals surface area contributed by atoms with E-state index in [0.717, 1.165) is 25.1 Å². The fourth-order valence-corrected chi connectivity index (χ4v) is 3.71. The number of nitrogens with zero attached hydrogens (tertiary/aromatic N) is 2. The van der Waals surface area contributed by atoms with Crippen LogP contribution in [-0.2, 0) is 4.79 Å². The second kappa shape index (κ2) is 8.58. The molecule has 1 aromatic rings. The number of likely N-dealkylation sites (tertiary alicyclic amines) is 1. The first-order valence-electron chi connectivity index (χ1n) is 9.00. The lowest BCUT2D eigenvalue weighted by Crippen LogP contribution is -2.51. The van der Waals surface area contributed by atoms with Gasteiger partial charge in [-0.05, 0) is 25.6 Å². The van der Waals surface area contributed by atoms with Crippen molar-refractivity contribution in [3.05, 3.63) is 42.0 Å². The summed E-state index contributed by atoms with van der Waals surface area (Å²) in [5.74, 6) is 0.326. The summed E-state index contributed by atoms with van der Waals surface area (Å²) in [4.78, 5) is 17.0. The number of hydrogen-bond donors (Lipinski definition) is 3. The van der Waals surface area contributed by atoms with Gasteiger partial charge in [0.25, 0.3) is 0 Å². The molecule has 0 saturated carbocycles. The van der Waals surface area contributed by atoms with Gasteiger partial charge in [-0.15, -0.1) is 0 Å². The first kappa shape index (κ1) is 18.1. The SMILES string of the molecule is CN1CCC2NNC(C(=O)N(C/C=C/c3ccccc3)CCO)C2C1. The molecule has 6 nitrogen and oxygen atoms in total. The lowest BCUT2D eigenvalue weighted by Gasteiger charge is -2.34. The molecule has 3 atom stereocenters. The van der Waals surface area contributed by atoms with Crippen molar-refractivity contribution in [3.63, 3.8) is 0 Å². The number of hydrazine groups is 1. The van der Waals surface area contributed by atoms with Gasteiger partial charge in [0, 0.05) is 31.6 Å². The number of aliphatic hydroxyl groups excluding tert-OH is 1. The summed E-state index contributed by atoms with van der Waals surface area (Å²) in [6.45, 7) is 2.78. The quantitative estimate of drug-likeness (QED) is 0.693. The van der Waals surface area contributed by atoms with Crippen LogP contribution in [-0.4, -0.2) is 72.7 Å². The topological polar surface area (TPSA) is 67.8 Å². The molecule has 0 aliphatic carbocycles. The highest BCUT2D eigenvalue weighted by molar-refractivity contribution is 5.83. The van der Waals surface area contributed by atoms with Gasteiger partial charge in [0.05, 0.1) is 6.61 Å². The van der Waals surface area contributed by atoms with Gasteiger partial charge in [-0.25, -0.2) is 5.43 Å².